The summed E-state index contributed by atoms with van der Waals surface area (Å²) in [4.78, 5) is 10.3. The van der Waals surface area contributed by atoms with Crippen molar-refractivity contribution >= 4 is 33.2 Å². The Hall–Kier alpha value is -2.19. The van der Waals surface area contributed by atoms with E-state index in [-0.39, 0.29) is 22.5 Å². The number of nitro groups is 1. The second-order valence-electron chi connectivity index (χ2n) is 3.94. The molecule has 0 radical (unpaired) electrons. The second kappa shape index (κ2) is 5.30. The summed E-state index contributed by atoms with van der Waals surface area (Å²) >= 11 is 8.92. The van der Waals surface area contributed by atoms with Crippen LogP contribution < -0.4 is 0 Å². The molecule has 0 amide bonds. The van der Waals surface area contributed by atoms with Gasteiger partial charge in [-0.25, -0.2) is 0 Å². The van der Waals surface area contributed by atoms with E-state index in [0.29, 0.717) is 16.0 Å². The average Bonchev–Trinajstić information content (AvgIpc) is 3.07. The first kappa shape index (κ1) is 13.8. The maximum atomic E-state index is 10.9. The minimum Gasteiger partial charge on any atom is -0.444 e. The third-order valence-corrected chi connectivity index (χ3v) is 3.34. The lowest BCUT2D eigenvalue weighted by atomic mass is 10.2. The number of hydrogen-bond acceptors (Lipinski definition) is 6. The van der Waals surface area contributed by atoms with Crippen LogP contribution in [-0.4, -0.2) is 15.1 Å². The SMILES string of the molecule is O=[N+]([O-])c1cc(-c2nnc(-c3ccc(Br)o3)o2)ccc1Cl. The molecular formula is C12H5BrClN3O4. The molecule has 1 aromatic carbocycles. The van der Waals surface area contributed by atoms with Crippen molar-refractivity contribution in [1.82, 2.24) is 10.2 Å². The van der Waals surface area contributed by atoms with E-state index in [1.165, 1.54) is 12.1 Å². The van der Waals surface area contributed by atoms with E-state index < -0.39 is 4.92 Å². The van der Waals surface area contributed by atoms with E-state index >= 15 is 0 Å². The molecule has 0 N–H and O–H groups in total. The highest BCUT2D eigenvalue weighted by Gasteiger charge is 2.18. The first-order valence-corrected chi connectivity index (χ1v) is 6.75. The lowest BCUT2D eigenvalue weighted by molar-refractivity contribution is -0.384. The van der Waals surface area contributed by atoms with Crippen LogP contribution in [0.2, 0.25) is 5.02 Å². The van der Waals surface area contributed by atoms with E-state index in [9.17, 15) is 10.1 Å². The molecule has 0 saturated carbocycles. The fourth-order valence-corrected chi connectivity index (χ4v) is 2.15. The summed E-state index contributed by atoms with van der Waals surface area (Å²) < 4.78 is 11.3. The van der Waals surface area contributed by atoms with Gasteiger partial charge in [0.15, 0.2) is 10.4 Å². The fourth-order valence-electron chi connectivity index (χ4n) is 1.65. The van der Waals surface area contributed by atoms with Gasteiger partial charge in [-0.2, -0.15) is 0 Å². The van der Waals surface area contributed by atoms with Gasteiger partial charge in [-0.1, -0.05) is 11.6 Å². The van der Waals surface area contributed by atoms with Gasteiger partial charge >= 0.3 is 0 Å². The van der Waals surface area contributed by atoms with E-state index in [1.54, 1.807) is 18.2 Å². The summed E-state index contributed by atoms with van der Waals surface area (Å²) in [5.74, 6) is 0.703. The highest BCUT2D eigenvalue weighted by atomic mass is 79.9. The first-order valence-electron chi connectivity index (χ1n) is 5.58. The number of benzene rings is 1. The summed E-state index contributed by atoms with van der Waals surface area (Å²) in [6.45, 7) is 0. The van der Waals surface area contributed by atoms with Crippen LogP contribution in [0.5, 0.6) is 0 Å². The zero-order valence-corrected chi connectivity index (χ0v) is 12.5. The van der Waals surface area contributed by atoms with Crippen LogP contribution in [0.1, 0.15) is 0 Å². The minimum absolute atomic E-state index is 0.0402. The fraction of sp³-hybridized carbons (Fsp3) is 0. The molecule has 21 heavy (non-hydrogen) atoms. The Morgan fingerprint density at radius 1 is 1.14 bits per heavy atom. The monoisotopic (exact) mass is 369 g/mol. The van der Waals surface area contributed by atoms with Gasteiger partial charge in [-0.15, -0.1) is 10.2 Å². The number of hydrogen-bond donors (Lipinski definition) is 0. The first-order chi connectivity index (χ1) is 10.0. The molecule has 7 nitrogen and oxygen atoms in total. The smallest absolute Gasteiger partial charge is 0.288 e. The molecule has 0 aliphatic rings. The van der Waals surface area contributed by atoms with Crippen LogP contribution in [0.4, 0.5) is 5.69 Å². The van der Waals surface area contributed by atoms with Gasteiger partial charge in [-0.05, 0) is 40.2 Å². The molecule has 0 aliphatic carbocycles. The van der Waals surface area contributed by atoms with E-state index in [4.69, 9.17) is 20.4 Å². The minimum atomic E-state index is -0.577. The standard InChI is InChI=1S/C12H5BrClN3O4/c13-10-4-3-9(20-10)12-16-15-11(21-12)6-1-2-7(14)8(5-6)17(18)19/h1-5H. The molecule has 0 fully saturated rings. The summed E-state index contributed by atoms with van der Waals surface area (Å²) in [7, 11) is 0. The predicted octanol–water partition coefficient (Wildman–Crippen LogP) is 4.32. The van der Waals surface area contributed by atoms with Crippen molar-refractivity contribution in [2.24, 2.45) is 0 Å². The number of nitrogens with zero attached hydrogens (tertiary/aromatic N) is 3. The summed E-state index contributed by atoms with van der Waals surface area (Å²) in [5.41, 5.74) is 0.171. The van der Waals surface area contributed by atoms with Gasteiger partial charge in [0.1, 0.15) is 5.02 Å². The summed E-state index contributed by atoms with van der Waals surface area (Å²) in [5, 5.41) is 18.6. The van der Waals surface area contributed by atoms with Crippen molar-refractivity contribution in [2.75, 3.05) is 0 Å². The van der Waals surface area contributed by atoms with Crippen molar-refractivity contribution in [1.29, 1.82) is 0 Å². The molecule has 0 spiro atoms. The molecule has 0 aliphatic heterocycles. The van der Waals surface area contributed by atoms with Gasteiger partial charge in [-0.3, -0.25) is 10.1 Å². The van der Waals surface area contributed by atoms with Crippen LogP contribution in [0, 0.1) is 10.1 Å². The quantitative estimate of drug-likeness (QED) is 0.503. The van der Waals surface area contributed by atoms with Crippen LogP contribution in [0.15, 0.2) is 43.8 Å². The van der Waals surface area contributed by atoms with Crippen molar-refractivity contribution < 1.29 is 13.8 Å². The molecule has 0 bridgehead atoms. The van der Waals surface area contributed by atoms with Gasteiger partial charge in [0.2, 0.25) is 5.89 Å². The number of rotatable bonds is 3. The largest absolute Gasteiger partial charge is 0.444 e. The van der Waals surface area contributed by atoms with Crippen molar-refractivity contribution in [3.05, 3.63) is 50.1 Å². The molecular weight excluding hydrogens is 366 g/mol. The van der Waals surface area contributed by atoms with Crippen LogP contribution in [0.25, 0.3) is 23.1 Å². The maximum Gasteiger partial charge on any atom is 0.288 e. The van der Waals surface area contributed by atoms with Crippen molar-refractivity contribution in [2.45, 2.75) is 0 Å². The van der Waals surface area contributed by atoms with Gasteiger partial charge < -0.3 is 8.83 Å². The Balaban J connectivity index is 2.00. The Kier molecular flexibility index (Phi) is 3.48. The molecule has 3 aromatic rings. The normalized spacial score (nSPS) is 10.8. The summed E-state index contributed by atoms with van der Waals surface area (Å²) in [6, 6.07) is 7.59. The predicted molar refractivity (Wildman–Crippen MR) is 76.8 cm³/mol. The molecule has 0 atom stereocenters. The van der Waals surface area contributed by atoms with Crippen LogP contribution >= 0.6 is 27.5 Å². The topological polar surface area (TPSA) is 95.2 Å². The molecule has 2 heterocycles. The van der Waals surface area contributed by atoms with Crippen molar-refractivity contribution in [3.63, 3.8) is 0 Å². The van der Waals surface area contributed by atoms with Crippen molar-refractivity contribution in [3.8, 4) is 23.1 Å². The third-order valence-electron chi connectivity index (χ3n) is 2.60. The zero-order valence-electron chi connectivity index (χ0n) is 10.1. The number of nitro benzene ring substituents is 1. The molecule has 0 saturated heterocycles. The average molecular weight is 371 g/mol. The Labute approximate surface area is 130 Å². The number of aromatic nitrogens is 2. The molecule has 106 valence electrons. The lowest BCUT2D eigenvalue weighted by Crippen LogP contribution is -1.90. The second-order valence-corrected chi connectivity index (χ2v) is 5.13. The van der Waals surface area contributed by atoms with Gasteiger partial charge in [0.05, 0.1) is 4.92 Å². The molecule has 3 rings (SSSR count). The maximum absolute atomic E-state index is 10.9. The molecule has 0 unspecified atom stereocenters. The van der Waals surface area contributed by atoms with Gasteiger partial charge in [0, 0.05) is 11.6 Å². The van der Waals surface area contributed by atoms with E-state index in [0.717, 1.165) is 0 Å². The Morgan fingerprint density at radius 3 is 2.57 bits per heavy atom. The molecule has 2 aromatic heterocycles. The number of halogens is 2. The van der Waals surface area contributed by atoms with Gasteiger partial charge in [0.25, 0.3) is 11.6 Å². The third kappa shape index (κ3) is 2.67. The Morgan fingerprint density at radius 2 is 1.90 bits per heavy atom. The lowest BCUT2D eigenvalue weighted by Gasteiger charge is -1.97. The Bertz CT molecular complexity index is 830. The highest BCUT2D eigenvalue weighted by Crippen LogP contribution is 2.31. The van der Waals surface area contributed by atoms with E-state index in [1.807, 2.05) is 0 Å². The summed E-state index contributed by atoms with van der Waals surface area (Å²) in [6.07, 6.45) is 0. The number of furan rings is 1. The van der Waals surface area contributed by atoms with Crippen LogP contribution in [-0.2, 0) is 0 Å². The molecule has 9 heteroatoms. The van der Waals surface area contributed by atoms with E-state index in [2.05, 4.69) is 26.1 Å². The highest BCUT2D eigenvalue weighted by molar-refractivity contribution is 9.10. The zero-order chi connectivity index (χ0) is 15.0. The van der Waals surface area contributed by atoms with Crippen LogP contribution in [0.3, 0.4) is 0 Å².